The molecule has 144 valence electrons. The number of carbonyl (C=O) groups is 1. The molecule has 0 atom stereocenters. The Bertz CT molecular complexity index is 955. The van der Waals surface area contributed by atoms with E-state index in [0.29, 0.717) is 11.3 Å². The largest absolute Gasteiger partial charge is 0.483 e. The summed E-state index contributed by atoms with van der Waals surface area (Å²) in [5.41, 5.74) is 0.617. The molecular weight excluding hydrogens is 374 g/mol. The lowest BCUT2D eigenvalue weighted by atomic mass is 10.2. The number of sulfonamides is 1. The van der Waals surface area contributed by atoms with Crippen LogP contribution in [0.15, 0.2) is 47.4 Å². The maximum atomic E-state index is 12.5. The van der Waals surface area contributed by atoms with Gasteiger partial charge < -0.3 is 9.64 Å². The molecule has 10 heteroatoms. The molecule has 0 aromatic heterocycles. The van der Waals surface area contributed by atoms with Gasteiger partial charge in [0, 0.05) is 31.9 Å². The maximum absolute atomic E-state index is 12.5. The molecule has 0 heterocycles. The molecule has 0 aliphatic rings. The Morgan fingerprint density at radius 2 is 1.81 bits per heavy atom. The van der Waals surface area contributed by atoms with E-state index < -0.39 is 14.9 Å². The monoisotopic (exact) mass is 393 g/mol. The Morgan fingerprint density at radius 1 is 1.19 bits per heavy atom. The van der Waals surface area contributed by atoms with Gasteiger partial charge in [-0.05, 0) is 42.8 Å². The molecule has 0 bridgehead atoms. The number of likely N-dealkylation sites (N-methyl/N-ethyl adjacent to an activating group) is 1. The number of benzene rings is 2. The van der Waals surface area contributed by atoms with Crippen LogP contribution in [0.2, 0.25) is 0 Å². The Morgan fingerprint density at radius 3 is 2.33 bits per heavy atom. The van der Waals surface area contributed by atoms with E-state index in [1.807, 2.05) is 0 Å². The van der Waals surface area contributed by atoms with Crippen molar-refractivity contribution in [1.82, 2.24) is 4.90 Å². The predicted octanol–water partition coefficient (Wildman–Crippen LogP) is 2.17. The highest BCUT2D eigenvalue weighted by Gasteiger charge is 2.17. The smallest absolute Gasteiger partial charge is 0.269 e. The van der Waals surface area contributed by atoms with Crippen LogP contribution in [-0.2, 0) is 14.8 Å². The number of rotatable bonds is 7. The highest BCUT2D eigenvalue weighted by Crippen LogP contribution is 2.24. The first-order valence-electron chi connectivity index (χ1n) is 7.81. The number of nitro benzene ring substituents is 1. The van der Waals surface area contributed by atoms with E-state index in [0.717, 1.165) is 0 Å². The number of anilines is 1. The lowest BCUT2D eigenvalue weighted by molar-refractivity contribution is -0.384. The molecule has 1 amide bonds. The topological polar surface area (TPSA) is 119 Å². The first-order chi connectivity index (χ1) is 12.6. The Balaban J connectivity index is 2.15. The number of nitrogens with zero attached hydrogens (tertiary/aromatic N) is 2. The van der Waals surface area contributed by atoms with Crippen LogP contribution in [0, 0.1) is 17.0 Å². The number of non-ortho nitro benzene ring substituents is 1. The summed E-state index contributed by atoms with van der Waals surface area (Å²) in [4.78, 5) is 23.1. The molecule has 2 rings (SSSR count). The predicted molar refractivity (Wildman–Crippen MR) is 99.3 cm³/mol. The van der Waals surface area contributed by atoms with Gasteiger partial charge in [-0.2, -0.15) is 0 Å². The van der Waals surface area contributed by atoms with E-state index in [1.165, 1.54) is 47.4 Å². The number of hydrogen-bond acceptors (Lipinski definition) is 6. The number of amides is 1. The van der Waals surface area contributed by atoms with Crippen molar-refractivity contribution in [3.63, 3.8) is 0 Å². The lowest BCUT2D eigenvalue weighted by Gasteiger charge is -2.14. The van der Waals surface area contributed by atoms with E-state index >= 15 is 0 Å². The molecule has 0 unspecified atom stereocenters. The van der Waals surface area contributed by atoms with Crippen molar-refractivity contribution in [2.45, 2.75) is 11.8 Å². The SMILES string of the molecule is Cc1cc(S(=O)(=O)Nc2ccc([N+](=O)[O-])cc2)ccc1OCC(=O)N(C)C. The number of nitrogens with one attached hydrogen (secondary N) is 1. The minimum absolute atomic E-state index is 0.00430. The van der Waals surface area contributed by atoms with Crippen molar-refractivity contribution < 1.29 is 22.9 Å². The Hall–Kier alpha value is -3.14. The summed E-state index contributed by atoms with van der Waals surface area (Å²) >= 11 is 0. The van der Waals surface area contributed by atoms with Gasteiger partial charge in [0.25, 0.3) is 21.6 Å². The summed E-state index contributed by atoms with van der Waals surface area (Å²) in [5.74, 6) is 0.186. The number of ether oxygens (including phenoxy) is 1. The van der Waals surface area contributed by atoms with Crippen LogP contribution in [0.5, 0.6) is 5.75 Å². The molecule has 0 saturated carbocycles. The Kier molecular flexibility index (Phi) is 6.01. The third-order valence-electron chi connectivity index (χ3n) is 3.64. The minimum Gasteiger partial charge on any atom is -0.483 e. The van der Waals surface area contributed by atoms with Gasteiger partial charge >= 0.3 is 0 Å². The van der Waals surface area contributed by atoms with Gasteiger partial charge in [-0.15, -0.1) is 0 Å². The minimum atomic E-state index is -3.88. The zero-order valence-electron chi connectivity index (χ0n) is 15.0. The summed E-state index contributed by atoms with van der Waals surface area (Å²) in [6, 6.07) is 9.30. The molecule has 0 aliphatic carbocycles. The average molecular weight is 393 g/mol. The van der Waals surface area contributed by atoms with E-state index in [4.69, 9.17) is 4.74 Å². The van der Waals surface area contributed by atoms with Crippen LogP contribution in [0.25, 0.3) is 0 Å². The molecule has 0 spiro atoms. The number of hydrogen-bond donors (Lipinski definition) is 1. The summed E-state index contributed by atoms with van der Waals surface area (Å²) in [6.07, 6.45) is 0. The number of nitro groups is 1. The maximum Gasteiger partial charge on any atom is 0.269 e. The van der Waals surface area contributed by atoms with Gasteiger partial charge in [-0.25, -0.2) is 8.42 Å². The zero-order valence-corrected chi connectivity index (χ0v) is 15.8. The molecule has 2 aromatic rings. The van der Waals surface area contributed by atoms with Crippen molar-refractivity contribution in [2.24, 2.45) is 0 Å². The third-order valence-corrected chi connectivity index (χ3v) is 5.02. The van der Waals surface area contributed by atoms with Gasteiger partial charge in [-0.1, -0.05) is 0 Å². The van der Waals surface area contributed by atoms with Crippen molar-refractivity contribution in [1.29, 1.82) is 0 Å². The first kappa shape index (κ1) is 20.2. The summed E-state index contributed by atoms with van der Waals surface area (Å²) in [7, 11) is -0.663. The molecule has 9 nitrogen and oxygen atoms in total. The van der Waals surface area contributed by atoms with Crippen LogP contribution in [0.4, 0.5) is 11.4 Å². The van der Waals surface area contributed by atoms with Crippen LogP contribution < -0.4 is 9.46 Å². The molecule has 0 aliphatic heterocycles. The molecule has 2 aromatic carbocycles. The lowest BCUT2D eigenvalue weighted by Crippen LogP contribution is -2.27. The second-order valence-electron chi connectivity index (χ2n) is 5.91. The van der Waals surface area contributed by atoms with Crippen molar-refractivity contribution >= 4 is 27.3 Å². The molecular formula is C17H19N3O6S. The van der Waals surface area contributed by atoms with E-state index in [-0.39, 0.29) is 28.8 Å². The molecule has 27 heavy (non-hydrogen) atoms. The number of carbonyl (C=O) groups excluding carboxylic acids is 1. The van der Waals surface area contributed by atoms with Crippen LogP contribution >= 0.6 is 0 Å². The highest BCUT2D eigenvalue weighted by atomic mass is 32.2. The van der Waals surface area contributed by atoms with Gasteiger partial charge in [0.1, 0.15) is 5.75 Å². The van der Waals surface area contributed by atoms with Crippen LogP contribution in [0.3, 0.4) is 0 Å². The fourth-order valence-electron chi connectivity index (χ4n) is 2.08. The first-order valence-corrected chi connectivity index (χ1v) is 9.29. The summed E-state index contributed by atoms with van der Waals surface area (Å²) < 4.78 is 32.8. The molecule has 0 saturated heterocycles. The van der Waals surface area contributed by atoms with Gasteiger partial charge in [0.05, 0.1) is 9.82 Å². The molecule has 0 radical (unpaired) electrons. The summed E-state index contributed by atoms with van der Waals surface area (Å²) in [5, 5.41) is 10.7. The quantitative estimate of drug-likeness (QED) is 0.569. The van der Waals surface area contributed by atoms with Crippen molar-refractivity contribution in [2.75, 3.05) is 25.4 Å². The second-order valence-corrected chi connectivity index (χ2v) is 7.60. The Labute approximate surface area is 156 Å². The fraction of sp³-hybridized carbons (Fsp3) is 0.235. The van der Waals surface area contributed by atoms with E-state index in [1.54, 1.807) is 21.0 Å². The van der Waals surface area contributed by atoms with Crippen LogP contribution in [0.1, 0.15) is 5.56 Å². The standard InChI is InChI=1S/C17H19N3O6S/c1-12-10-15(8-9-16(12)26-11-17(21)19(2)3)27(24,25)18-13-4-6-14(7-5-13)20(22)23/h4-10,18H,11H2,1-3H3. The zero-order chi connectivity index (χ0) is 20.2. The highest BCUT2D eigenvalue weighted by molar-refractivity contribution is 7.92. The van der Waals surface area contributed by atoms with Gasteiger partial charge in [0.15, 0.2) is 6.61 Å². The third kappa shape index (κ3) is 5.17. The van der Waals surface area contributed by atoms with Crippen molar-refractivity contribution in [3.8, 4) is 5.75 Å². The second kappa shape index (κ2) is 8.04. The van der Waals surface area contributed by atoms with E-state index in [2.05, 4.69) is 4.72 Å². The number of aryl methyl sites for hydroxylation is 1. The van der Waals surface area contributed by atoms with Crippen LogP contribution in [-0.4, -0.2) is 44.9 Å². The molecule has 1 N–H and O–H groups in total. The summed E-state index contributed by atoms with van der Waals surface area (Å²) in [6.45, 7) is 1.52. The van der Waals surface area contributed by atoms with Crippen molar-refractivity contribution in [3.05, 3.63) is 58.1 Å². The molecule has 0 fully saturated rings. The van der Waals surface area contributed by atoms with E-state index in [9.17, 15) is 23.3 Å². The van der Waals surface area contributed by atoms with Gasteiger partial charge in [0.2, 0.25) is 0 Å². The van der Waals surface area contributed by atoms with Gasteiger partial charge in [-0.3, -0.25) is 19.6 Å². The fourth-order valence-corrected chi connectivity index (χ4v) is 3.23. The normalized spacial score (nSPS) is 10.9. The average Bonchev–Trinajstić information content (AvgIpc) is 2.60.